The lowest BCUT2D eigenvalue weighted by Crippen LogP contribution is -2.34. The van der Waals surface area contributed by atoms with Gasteiger partial charge in [-0.3, -0.25) is 10.1 Å². The van der Waals surface area contributed by atoms with Crippen LogP contribution in [0.15, 0.2) is 42.5 Å². The minimum Gasteiger partial charge on any atom is -0.495 e. The molecule has 0 atom stereocenters. The molecule has 7 heteroatoms. The largest absolute Gasteiger partial charge is 0.495 e. The second-order valence-corrected chi connectivity index (χ2v) is 5.95. The first-order chi connectivity index (χ1) is 12.0. The van der Waals surface area contributed by atoms with Gasteiger partial charge in [0.25, 0.3) is 5.91 Å². The Bertz CT molecular complexity index is 768. The van der Waals surface area contributed by atoms with E-state index in [1.807, 2.05) is 13.0 Å². The van der Waals surface area contributed by atoms with Gasteiger partial charge in [0.05, 0.1) is 18.7 Å². The Balaban J connectivity index is 1.98. The van der Waals surface area contributed by atoms with Crippen molar-refractivity contribution in [1.29, 1.82) is 0 Å². The highest BCUT2D eigenvalue weighted by Crippen LogP contribution is 2.27. The average molecular weight is 379 g/mol. The molecule has 0 radical (unpaired) electrons. The van der Waals surface area contributed by atoms with Gasteiger partial charge in [0.1, 0.15) is 11.5 Å². The molecule has 0 aromatic heterocycles. The van der Waals surface area contributed by atoms with E-state index in [9.17, 15) is 4.79 Å². The van der Waals surface area contributed by atoms with Crippen LogP contribution in [-0.4, -0.2) is 24.7 Å². The van der Waals surface area contributed by atoms with E-state index >= 15 is 0 Å². The third kappa shape index (κ3) is 5.62. The standard InChI is InChI=1S/C18H19ClN2O3S/c1-3-9-24-14-6-4-5-12(10-14)17(22)21-18(25)20-13-7-8-16(23-2)15(19)11-13/h4-8,10-11H,3,9H2,1-2H3,(H2,20,21,22,25). The number of benzene rings is 2. The van der Waals surface area contributed by atoms with E-state index in [2.05, 4.69) is 10.6 Å². The Morgan fingerprint density at radius 1 is 1.24 bits per heavy atom. The van der Waals surface area contributed by atoms with Gasteiger partial charge in [-0.05, 0) is 55.0 Å². The zero-order valence-corrected chi connectivity index (χ0v) is 15.5. The maximum absolute atomic E-state index is 12.3. The van der Waals surface area contributed by atoms with Crippen LogP contribution < -0.4 is 20.1 Å². The van der Waals surface area contributed by atoms with E-state index in [0.29, 0.717) is 34.4 Å². The molecule has 0 bridgehead atoms. The number of amides is 1. The quantitative estimate of drug-likeness (QED) is 0.735. The smallest absolute Gasteiger partial charge is 0.257 e. The molecule has 0 heterocycles. The summed E-state index contributed by atoms with van der Waals surface area (Å²) >= 11 is 11.2. The van der Waals surface area contributed by atoms with Crippen molar-refractivity contribution < 1.29 is 14.3 Å². The van der Waals surface area contributed by atoms with Crippen molar-refractivity contribution in [2.45, 2.75) is 13.3 Å². The molecule has 5 nitrogen and oxygen atoms in total. The van der Waals surface area contributed by atoms with E-state index in [-0.39, 0.29) is 11.0 Å². The molecule has 0 aliphatic carbocycles. The summed E-state index contributed by atoms with van der Waals surface area (Å²) in [6.07, 6.45) is 0.898. The van der Waals surface area contributed by atoms with Crippen molar-refractivity contribution in [3.63, 3.8) is 0 Å². The molecule has 2 N–H and O–H groups in total. The first-order valence-corrected chi connectivity index (χ1v) is 8.51. The molecule has 0 fully saturated rings. The van der Waals surface area contributed by atoms with E-state index in [4.69, 9.17) is 33.3 Å². The number of hydrogen-bond donors (Lipinski definition) is 2. The van der Waals surface area contributed by atoms with Crippen molar-refractivity contribution in [2.75, 3.05) is 19.0 Å². The van der Waals surface area contributed by atoms with Gasteiger partial charge >= 0.3 is 0 Å². The third-order valence-electron chi connectivity index (χ3n) is 3.21. The second-order valence-electron chi connectivity index (χ2n) is 5.13. The molecule has 2 aromatic rings. The van der Waals surface area contributed by atoms with Gasteiger partial charge in [-0.15, -0.1) is 0 Å². The van der Waals surface area contributed by atoms with Gasteiger partial charge in [-0.25, -0.2) is 0 Å². The topological polar surface area (TPSA) is 59.6 Å². The first kappa shape index (κ1) is 19.0. The van der Waals surface area contributed by atoms with Crippen molar-refractivity contribution in [3.8, 4) is 11.5 Å². The molecule has 0 saturated carbocycles. The molecule has 2 aromatic carbocycles. The molecule has 0 saturated heterocycles. The molecule has 132 valence electrons. The molecule has 2 rings (SSSR count). The summed E-state index contributed by atoms with van der Waals surface area (Å²) in [6, 6.07) is 12.1. The lowest BCUT2D eigenvalue weighted by Gasteiger charge is -2.11. The fraction of sp³-hybridized carbons (Fsp3) is 0.222. The molecule has 0 spiro atoms. The van der Waals surface area contributed by atoms with Crippen LogP contribution in [0.4, 0.5) is 5.69 Å². The van der Waals surface area contributed by atoms with Crippen molar-refractivity contribution in [3.05, 3.63) is 53.1 Å². The number of anilines is 1. The average Bonchev–Trinajstić information content (AvgIpc) is 2.60. The fourth-order valence-corrected chi connectivity index (χ4v) is 2.50. The maximum Gasteiger partial charge on any atom is 0.257 e. The molecule has 0 aliphatic rings. The number of carbonyl (C=O) groups is 1. The summed E-state index contributed by atoms with van der Waals surface area (Å²) in [5, 5.41) is 6.16. The molecular formula is C18H19ClN2O3S. The molecule has 0 unspecified atom stereocenters. The van der Waals surface area contributed by atoms with Gasteiger partial charge in [0, 0.05) is 11.3 Å². The number of rotatable bonds is 6. The number of nitrogens with one attached hydrogen (secondary N) is 2. The van der Waals surface area contributed by atoms with E-state index in [0.717, 1.165) is 6.42 Å². The van der Waals surface area contributed by atoms with Crippen molar-refractivity contribution in [2.24, 2.45) is 0 Å². The Morgan fingerprint density at radius 3 is 2.72 bits per heavy atom. The predicted octanol–water partition coefficient (Wildman–Crippen LogP) is 4.26. The summed E-state index contributed by atoms with van der Waals surface area (Å²) < 4.78 is 10.6. The minimum atomic E-state index is -0.320. The first-order valence-electron chi connectivity index (χ1n) is 7.72. The van der Waals surface area contributed by atoms with Gasteiger partial charge < -0.3 is 14.8 Å². The monoisotopic (exact) mass is 378 g/mol. The van der Waals surface area contributed by atoms with Gasteiger partial charge in [-0.2, -0.15) is 0 Å². The lowest BCUT2D eigenvalue weighted by atomic mass is 10.2. The highest BCUT2D eigenvalue weighted by atomic mass is 35.5. The van der Waals surface area contributed by atoms with E-state index in [1.54, 1.807) is 36.4 Å². The van der Waals surface area contributed by atoms with Crippen LogP contribution in [0.2, 0.25) is 5.02 Å². The lowest BCUT2D eigenvalue weighted by molar-refractivity contribution is 0.0977. The van der Waals surface area contributed by atoms with Gasteiger partial charge in [-0.1, -0.05) is 24.6 Å². The van der Waals surface area contributed by atoms with Crippen molar-refractivity contribution >= 4 is 40.5 Å². The van der Waals surface area contributed by atoms with Crippen LogP contribution >= 0.6 is 23.8 Å². The fourth-order valence-electron chi connectivity index (χ4n) is 2.03. The highest BCUT2D eigenvalue weighted by molar-refractivity contribution is 7.80. The zero-order chi connectivity index (χ0) is 18.2. The Labute approximate surface area is 157 Å². The maximum atomic E-state index is 12.3. The Hall–Kier alpha value is -2.31. The molecule has 25 heavy (non-hydrogen) atoms. The van der Waals surface area contributed by atoms with Crippen LogP contribution in [0, 0.1) is 0 Å². The summed E-state index contributed by atoms with van der Waals surface area (Å²) in [6.45, 7) is 2.62. The van der Waals surface area contributed by atoms with Crippen molar-refractivity contribution in [1.82, 2.24) is 5.32 Å². The van der Waals surface area contributed by atoms with E-state index in [1.165, 1.54) is 7.11 Å². The summed E-state index contributed by atoms with van der Waals surface area (Å²) in [4.78, 5) is 12.3. The van der Waals surface area contributed by atoms with Gasteiger partial charge in [0.2, 0.25) is 0 Å². The second kappa shape index (κ2) is 9.25. The summed E-state index contributed by atoms with van der Waals surface area (Å²) in [5.41, 5.74) is 1.11. The summed E-state index contributed by atoms with van der Waals surface area (Å²) in [5.74, 6) is 0.889. The number of halogens is 1. The summed E-state index contributed by atoms with van der Waals surface area (Å²) in [7, 11) is 1.54. The Kier molecular flexibility index (Phi) is 7.03. The van der Waals surface area contributed by atoms with Crippen LogP contribution in [0.25, 0.3) is 0 Å². The number of methoxy groups -OCH3 is 1. The minimum absolute atomic E-state index is 0.172. The van der Waals surface area contributed by atoms with Crippen LogP contribution in [0.3, 0.4) is 0 Å². The zero-order valence-electron chi connectivity index (χ0n) is 14.0. The number of thiocarbonyl (C=S) groups is 1. The predicted molar refractivity (Wildman–Crippen MR) is 104 cm³/mol. The SMILES string of the molecule is CCCOc1cccc(C(=O)NC(=S)Nc2ccc(OC)c(Cl)c2)c1. The number of ether oxygens (including phenoxy) is 2. The molecule has 1 amide bonds. The Morgan fingerprint density at radius 2 is 2.04 bits per heavy atom. The third-order valence-corrected chi connectivity index (χ3v) is 3.71. The number of hydrogen-bond acceptors (Lipinski definition) is 4. The molecule has 0 aliphatic heterocycles. The number of carbonyl (C=O) groups excluding carboxylic acids is 1. The van der Waals surface area contributed by atoms with Crippen LogP contribution in [0.5, 0.6) is 11.5 Å². The molecular weight excluding hydrogens is 360 g/mol. The normalized spacial score (nSPS) is 10.0. The highest BCUT2D eigenvalue weighted by Gasteiger charge is 2.10. The van der Waals surface area contributed by atoms with E-state index < -0.39 is 0 Å². The van der Waals surface area contributed by atoms with Crippen LogP contribution in [-0.2, 0) is 0 Å². The van der Waals surface area contributed by atoms with Crippen LogP contribution in [0.1, 0.15) is 23.7 Å². The van der Waals surface area contributed by atoms with Gasteiger partial charge in [0.15, 0.2) is 5.11 Å².